The number of pyridine rings is 1. The maximum absolute atomic E-state index is 5.46. The van der Waals surface area contributed by atoms with E-state index >= 15 is 0 Å². The predicted molar refractivity (Wildman–Crippen MR) is 134 cm³/mol. The third kappa shape index (κ3) is 4.48. The van der Waals surface area contributed by atoms with Gasteiger partial charge in [-0.15, -0.1) is 0 Å². The summed E-state index contributed by atoms with van der Waals surface area (Å²) in [5, 5.41) is 7.97. The summed E-state index contributed by atoms with van der Waals surface area (Å²) in [5.74, 6) is 0.807. The molecule has 0 amide bonds. The molecule has 0 saturated heterocycles. The zero-order chi connectivity index (χ0) is 22.6. The SMILES string of the molecule is CCn1c(=S)[nH]c2cc3c(NCc4ccccc4CNCc4ccccn4)ncnc3cc21. The monoisotopic (exact) mass is 455 g/mol. The molecule has 8 heteroatoms. The Morgan fingerprint density at radius 2 is 1.76 bits per heavy atom. The number of aromatic amines is 1. The lowest BCUT2D eigenvalue weighted by atomic mass is 10.1. The molecule has 7 nitrogen and oxygen atoms in total. The average Bonchev–Trinajstić information content (AvgIpc) is 3.16. The van der Waals surface area contributed by atoms with Gasteiger partial charge in [0.25, 0.3) is 0 Å². The smallest absolute Gasteiger partial charge is 0.178 e. The van der Waals surface area contributed by atoms with Gasteiger partial charge in [-0.1, -0.05) is 30.3 Å². The van der Waals surface area contributed by atoms with Crippen LogP contribution in [0.15, 0.2) is 67.1 Å². The summed E-state index contributed by atoms with van der Waals surface area (Å²) in [7, 11) is 0. The lowest BCUT2D eigenvalue weighted by Crippen LogP contribution is -2.15. The van der Waals surface area contributed by atoms with Gasteiger partial charge in [0.2, 0.25) is 0 Å². The van der Waals surface area contributed by atoms with Gasteiger partial charge < -0.3 is 20.2 Å². The van der Waals surface area contributed by atoms with Crippen molar-refractivity contribution < 1.29 is 0 Å². The first-order valence-corrected chi connectivity index (χ1v) is 11.4. The molecule has 0 unspecified atom stereocenters. The van der Waals surface area contributed by atoms with Gasteiger partial charge in [-0.05, 0) is 54.5 Å². The zero-order valence-corrected chi connectivity index (χ0v) is 19.2. The molecule has 0 saturated carbocycles. The lowest BCUT2D eigenvalue weighted by Gasteiger charge is -2.13. The third-order valence-corrected chi connectivity index (χ3v) is 6.08. The van der Waals surface area contributed by atoms with E-state index in [2.05, 4.69) is 78.5 Å². The number of H-pyrrole nitrogens is 1. The Kier molecular flexibility index (Phi) is 6.10. The van der Waals surface area contributed by atoms with E-state index in [1.54, 1.807) is 6.33 Å². The highest BCUT2D eigenvalue weighted by atomic mass is 32.1. The molecule has 0 aliphatic heterocycles. The number of rotatable bonds is 8. The summed E-state index contributed by atoms with van der Waals surface area (Å²) < 4.78 is 2.80. The first-order valence-electron chi connectivity index (χ1n) is 11.0. The zero-order valence-electron chi connectivity index (χ0n) is 18.4. The van der Waals surface area contributed by atoms with Crippen molar-refractivity contribution in [2.75, 3.05) is 5.32 Å². The molecule has 0 bridgehead atoms. The highest BCUT2D eigenvalue weighted by molar-refractivity contribution is 7.71. The van der Waals surface area contributed by atoms with Crippen molar-refractivity contribution in [3.63, 3.8) is 0 Å². The van der Waals surface area contributed by atoms with Gasteiger partial charge in [0.1, 0.15) is 12.1 Å². The number of anilines is 1. The number of fused-ring (bicyclic) bond motifs is 2. The second-order valence-electron chi connectivity index (χ2n) is 7.83. The first-order chi connectivity index (χ1) is 16.2. The van der Waals surface area contributed by atoms with Crippen LogP contribution in [0.2, 0.25) is 0 Å². The number of hydrogen-bond donors (Lipinski definition) is 3. The fraction of sp³-hybridized carbons (Fsp3) is 0.200. The second-order valence-corrected chi connectivity index (χ2v) is 8.22. The first kappa shape index (κ1) is 21.2. The Morgan fingerprint density at radius 1 is 0.939 bits per heavy atom. The number of hydrogen-bond acceptors (Lipinski definition) is 6. The van der Waals surface area contributed by atoms with Crippen molar-refractivity contribution in [1.29, 1.82) is 0 Å². The summed E-state index contributed by atoms with van der Waals surface area (Å²) in [5.41, 5.74) is 6.43. The summed E-state index contributed by atoms with van der Waals surface area (Å²) in [4.78, 5) is 16.7. The minimum atomic E-state index is 0.664. The fourth-order valence-corrected chi connectivity index (χ4v) is 4.41. The molecular formula is C25H25N7S. The van der Waals surface area contributed by atoms with Crippen molar-refractivity contribution in [2.45, 2.75) is 33.1 Å². The summed E-state index contributed by atoms with van der Waals surface area (Å²) in [6, 6.07) is 18.5. The van der Waals surface area contributed by atoms with Crippen LogP contribution in [0.3, 0.4) is 0 Å². The number of benzene rings is 2. The Morgan fingerprint density at radius 3 is 2.55 bits per heavy atom. The Balaban J connectivity index is 1.35. The van der Waals surface area contributed by atoms with Crippen LogP contribution in [0, 0.1) is 4.77 Å². The van der Waals surface area contributed by atoms with Crippen LogP contribution in [-0.2, 0) is 26.2 Å². The van der Waals surface area contributed by atoms with Crippen molar-refractivity contribution >= 4 is 40.0 Å². The predicted octanol–water partition coefficient (Wildman–Crippen LogP) is 4.96. The molecule has 166 valence electrons. The standard InChI is InChI=1S/C25H25N7S/c1-2-32-23-12-21-20(11-22(23)31-25(32)33)24(30-16-29-21)28-14-18-8-4-3-7-17(18)13-26-15-19-9-5-6-10-27-19/h3-12,16,26H,2,13-15H2,1H3,(H,31,33)(H,28,29,30). The number of nitrogens with one attached hydrogen (secondary N) is 3. The van der Waals surface area contributed by atoms with Crippen LogP contribution in [0.4, 0.5) is 5.82 Å². The van der Waals surface area contributed by atoms with Gasteiger partial charge >= 0.3 is 0 Å². The van der Waals surface area contributed by atoms with Gasteiger partial charge in [0.05, 0.1) is 22.2 Å². The highest BCUT2D eigenvalue weighted by Crippen LogP contribution is 2.26. The van der Waals surface area contributed by atoms with Crippen LogP contribution in [0.25, 0.3) is 21.9 Å². The van der Waals surface area contributed by atoms with Crippen LogP contribution < -0.4 is 10.6 Å². The van der Waals surface area contributed by atoms with Crippen LogP contribution >= 0.6 is 12.2 Å². The molecule has 0 atom stereocenters. The maximum atomic E-state index is 5.46. The highest BCUT2D eigenvalue weighted by Gasteiger charge is 2.10. The van der Waals surface area contributed by atoms with E-state index in [0.29, 0.717) is 6.54 Å². The summed E-state index contributed by atoms with van der Waals surface area (Å²) in [6.45, 7) is 5.06. The van der Waals surface area contributed by atoms with Gasteiger partial charge in [-0.25, -0.2) is 9.97 Å². The molecule has 0 radical (unpaired) electrons. The number of aromatic nitrogens is 5. The summed E-state index contributed by atoms with van der Waals surface area (Å²) in [6.07, 6.45) is 3.42. The van der Waals surface area contributed by atoms with Gasteiger partial charge in [0, 0.05) is 37.8 Å². The maximum Gasteiger partial charge on any atom is 0.178 e. The third-order valence-electron chi connectivity index (χ3n) is 5.76. The molecule has 0 aliphatic carbocycles. The molecule has 3 heterocycles. The molecule has 3 N–H and O–H groups in total. The molecule has 33 heavy (non-hydrogen) atoms. The van der Waals surface area contributed by atoms with Crippen molar-refractivity contribution in [2.24, 2.45) is 0 Å². The van der Waals surface area contributed by atoms with E-state index in [-0.39, 0.29) is 0 Å². The van der Waals surface area contributed by atoms with Crippen LogP contribution in [-0.4, -0.2) is 24.5 Å². The number of imidazole rings is 1. The van der Waals surface area contributed by atoms with Crippen molar-refractivity contribution in [3.8, 4) is 0 Å². The molecule has 3 aromatic heterocycles. The number of nitrogens with zero attached hydrogens (tertiary/aromatic N) is 4. The largest absolute Gasteiger partial charge is 0.365 e. The molecule has 0 spiro atoms. The van der Waals surface area contributed by atoms with E-state index in [1.165, 1.54) is 11.1 Å². The summed E-state index contributed by atoms with van der Waals surface area (Å²) >= 11 is 5.46. The molecule has 5 aromatic rings. The average molecular weight is 456 g/mol. The minimum Gasteiger partial charge on any atom is -0.365 e. The molecule has 0 aliphatic rings. The van der Waals surface area contributed by atoms with E-state index < -0.39 is 0 Å². The molecular weight excluding hydrogens is 430 g/mol. The minimum absolute atomic E-state index is 0.664. The van der Waals surface area contributed by atoms with E-state index in [0.717, 1.165) is 57.9 Å². The topological polar surface area (TPSA) is 83.5 Å². The Bertz CT molecular complexity index is 1460. The van der Waals surface area contributed by atoms with Crippen molar-refractivity contribution in [1.82, 2.24) is 29.8 Å². The van der Waals surface area contributed by atoms with Crippen molar-refractivity contribution in [3.05, 3.63) is 88.7 Å². The molecule has 5 rings (SSSR count). The second kappa shape index (κ2) is 9.48. The van der Waals surface area contributed by atoms with Gasteiger partial charge in [0.15, 0.2) is 4.77 Å². The number of aryl methyl sites for hydroxylation is 1. The quantitative estimate of drug-likeness (QED) is 0.287. The van der Waals surface area contributed by atoms with E-state index in [1.807, 2.05) is 24.4 Å². The lowest BCUT2D eigenvalue weighted by molar-refractivity contribution is 0.675. The fourth-order valence-electron chi connectivity index (χ4n) is 4.07. The van der Waals surface area contributed by atoms with Crippen LogP contribution in [0.1, 0.15) is 23.7 Å². The Labute approximate surface area is 196 Å². The molecule has 2 aromatic carbocycles. The van der Waals surface area contributed by atoms with Gasteiger partial charge in [-0.3, -0.25) is 4.98 Å². The normalized spacial score (nSPS) is 11.3. The van der Waals surface area contributed by atoms with E-state index in [4.69, 9.17) is 12.2 Å². The Hall–Kier alpha value is -3.62. The molecule has 0 fully saturated rings. The van der Waals surface area contributed by atoms with E-state index in [9.17, 15) is 0 Å². The van der Waals surface area contributed by atoms with Crippen LogP contribution in [0.5, 0.6) is 0 Å². The van der Waals surface area contributed by atoms with Gasteiger partial charge in [-0.2, -0.15) is 0 Å².